The maximum atomic E-state index is 12.5. The first-order valence-electron chi connectivity index (χ1n) is 13.4. The largest absolute Gasteiger partial charge is 0.378 e. The third-order valence-electron chi connectivity index (χ3n) is 6.74. The first-order valence-corrected chi connectivity index (χ1v) is 14.4. The van der Waals surface area contributed by atoms with Crippen LogP contribution in [0.4, 0.5) is 5.82 Å². The lowest BCUT2D eigenvalue weighted by Crippen LogP contribution is -2.46. The summed E-state index contributed by atoms with van der Waals surface area (Å²) in [7, 11) is 1.69. The molecule has 1 amide bonds. The summed E-state index contributed by atoms with van der Waals surface area (Å²) in [5.74, 6) is 1.55. The van der Waals surface area contributed by atoms with E-state index in [0.29, 0.717) is 24.5 Å². The first kappa shape index (κ1) is 27.8. The van der Waals surface area contributed by atoms with Crippen molar-refractivity contribution >= 4 is 23.5 Å². The fraction of sp³-hybridized carbons (Fsp3) is 0.290. The van der Waals surface area contributed by atoms with E-state index in [4.69, 9.17) is 14.7 Å². The van der Waals surface area contributed by atoms with Gasteiger partial charge in [-0.2, -0.15) is 0 Å². The number of hydrogen-bond acceptors (Lipinski definition) is 8. The molecule has 206 valence electrons. The van der Waals surface area contributed by atoms with Gasteiger partial charge < -0.3 is 15.0 Å². The molecule has 0 atom stereocenters. The van der Waals surface area contributed by atoms with Crippen LogP contribution in [0.25, 0.3) is 0 Å². The van der Waals surface area contributed by atoms with Crippen LogP contribution in [0, 0.1) is 0 Å². The van der Waals surface area contributed by atoms with Crippen molar-refractivity contribution in [3.05, 3.63) is 113 Å². The van der Waals surface area contributed by atoms with Crippen molar-refractivity contribution in [3.63, 3.8) is 0 Å². The number of aromatic nitrogens is 3. The van der Waals surface area contributed by atoms with Crippen molar-refractivity contribution < 1.29 is 9.53 Å². The molecule has 1 fully saturated rings. The zero-order valence-corrected chi connectivity index (χ0v) is 23.5. The van der Waals surface area contributed by atoms with Gasteiger partial charge in [0.15, 0.2) is 5.16 Å². The van der Waals surface area contributed by atoms with Gasteiger partial charge in [0.1, 0.15) is 5.82 Å². The summed E-state index contributed by atoms with van der Waals surface area (Å²) in [5.41, 5.74) is 4.92. The minimum atomic E-state index is -0.104. The van der Waals surface area contributed by atoms with Crippen LogP contribution in [-0.2, 0) is 30.2 Å². The van der Waals surface area contributed by atoms with E-state index in [1.54, 1.807) is 31.3 Å². The lowest BCUT2D eigenvalue weighted by Gasteiger charge is -2.35. The molecule has 1 N–H and O–H groups in total. The van der Waals surface area contributed by atoms with Gasteiger partial charge in [0.05, 0.1) is 12.3 Å². The first-order chi connectivity index (χ1) is 19.7. The van der Waals surface area contributed by atoms with E-state index < -0.39 is 0 Å². The molecule has 1 saturated heterocycles. The van der Waals surface area contributed by atoms with E-state index in [-0.39, 0.29) is 5.91 Å². The number of hydrogen-bond donors (Lipinski definition) is 1. The van der Waals surface area contributed by atoms with Crippen molar-refractivity contribution in [2.24, 2.45) is 0 Å². The number of rotatable bonds is 11. The van der Waals surface area contributed by atoms with E-state index in [9.17, 15) is 4.79 Å². The highest BCUT2D eigenvalue weighted by Crippen LogP contribution is 2.24. The number of pyridine rings is 1. The van der Waals surface area contributed by atoms with E-state index in [1.807, 2.05) is 42.5 Å². The summed E-state index contributed by atoms with van der Waals surface area (Å²) >= 11 is 1.59. The number of nitrogens with one attached hydrogen (secondary N) is 1. The fourth-order valence-corrected chi connectivity index (χ4v) is 5.40. The second kappa shape index (κ2) is 14.0. The zero-order valence-electron chi connectivity index (χ0n) is 22.7. The van der Waals surface area contributed by atoms with Crippen molar-refractivity contribution in [1.29, 1.82) is 0 Å². The third kappa shape index (κ3) is 7.88. The topological polar surface area (TPSA) is 83.5 Å². The molecule has 0 saturated carbocycles. The normalized spacial score (nSPS) is 13.8. The van der Waals surface area contributed by atoms with E-state index >= 15 is 0 Å². The van der Waals surface area contributed by atoms with Crippen LogP contribution in [0.5, 0.6) is 0 Å². The maximum absolute atomic E-state index is 12.5. The minimum absolute atomic E-state index is 0.104. The van der Waals surface area contributed by atoms with Crippen LogP contribution >= 0.6 is 11.8 Å². The molecule has 1 aliphatic rings. The van der Waals surface area contributed by atoms with Crippen molar-refractivity contribution in [2.45, 2.75) is 30.6 Å². The van der Waals surface area contributed by atoms with Gasteiger partial charge in [-0.1, -0.05) is 60.3 Å². The Morgan fingerprint density at radius 2 is 1.70 bits per heavy atom. The third-order valence-corrected chi connectivity index (χ3v) is 7.66. The second-order valence-corrected chi connectivity index (χ2v) is 10.7. The van der Waals surface area contributed by atoms with E-state index in [2.05, 4.69) is 50.4 Å². The average molecular weight is 555 g/mol. The molecule has 8 nitrogen and oxygen atoms in total. The van der Waals surface area contributed by atoms with Crippen LogP contribution in [0.3, 0.4) is 0 Å². The molecule has 0 radical (unpaired) electrons. The molecule has 3 heterocycles. The van der Waals surface area contributed by atoms with Gasteiger partial charge in [-0.15, -0.1) is 0 Å². The summed E-state index contributed by atoms with van der Waals surface area (Å²) in [6.07, 6.45) is 3.47. The molecule has 2 aromatic heterocycles. The van der Waals surface area contributed by atoms with Gasteiger partial charge in [0.25, 0.3) is 5.91 Å². The summed E-state index contributed by atoms with van der Waals surface area (Å²) in [6.45, 7) is 5.69. The number of piperazine rings is 1. The molecular formula is C31H34N6O2S. The molecule has 9 heteroatoms. The summed E-state index contributed by atoms with van der Waals surface area (Å²) in [4.78, 5) is 31.1. The Kier molecular flexibility index (Phi) is 9.73. The van der Waals surface area contributed by atoms with Gasteiger partial charge in [-0.25, -0.2) is 9.97 Å². The van der Waals surface area contributed by atoms with Crippen molar-refractivity contribution in [1.82, 2.24) is 25.2 Å². The molecule has 40 heavy (non-hydrogen) atoms. The lowest BCUT2D eigenvalue weighted by atomic mass is 10.1. The monoisotopic (exact) mass is 554 g/mol. The van der Waals surface area contributed by atoms with Gasteiger partial charge in [-0.05, 0) is 34.9 Å². The molecule has 0 aliphatic carbocycles. The zero-order chi connectivity index (χ0) is 27.6. The maximum Gasteiger partial charge on any atom is 0.251 e. The molecule has 2 aromatic carbocycles. The number of methoxy groups -OCH3 is 1. The smallest absolute Gasteiger partial charge is 0.251 e. The van der Waals surface area contributed by atoms with E-state index in [0.717, 1.165) is 60.5 Å². The molecule has 0 spiro atoms. The predicted octanol–water partition coefficient (Wildman–Crippen LogP) is 4.56. The Balaban J connectivity index is 1.16. The number of ether oxygens (including phenoxy) is 1. The Bertz CT molecular complexity index is 1360. The molecule has 4 aromatic rings. The second-order valence-electron chi connectivity index (χ2n) is 9.71. The van der Waals surface area contributed by atoms with Gasteiger partial charge in [0, 0.05) is 76.2 Å². The number of amides is 1. The number of anilines is 1. The molecule has 5 rings (SSSR count). The number of thioether (sulfide) groups is 1. The standard InChI is InChI=1S/C31H34N6O2S/c1-39-22-28-18-29(37-16-14-36(15-17-37)21-24-6-3-2-4-7-24)35-31(34-28)40-23-25-9-11-27(12-10-25)30(38)33-20-26-8-5-13-32-19-26/h2-13,18-19H,14-17,20-23H2,1H3,(H,33,38). The minimum Gasteiger partial charge on any atom is -0.378 e. The molecule has 0 bridgehead atoms. The molecule has 0 unspecified atom stereocenters. The SMILES string of the molecule is COCc1cc(N2CCN(Cc3ccccc3)CC2)nc(SCc2ccc(C(=O)NCc3cccnc3)cc2)n1. The van der Waals surface area contributed by atoms with Gasteiger partial charge in [0.2, 0.25) is 0 Å². The Hall–Kier alpha value is -3.79. The Morgan fingerprint density at radius 1 is 0.925 bits per heavy atom. The number of carbonyl (C=O) groups excluding carboxylic acids is 1. The van der Waals surface area contributed by atoms with Gasteiger partial charge >= 0.3 is 0 Å². The van der Waals surface area contributed by atoms with Crippen LogP contribution < -0.4 is 10.2 Å². The summed E-state index contributed by atoms with van der Waals surface area (Å²) in [5, 5.41) is 3.67. The number of carbonyl (C=O) groups is 1. The molecular weight excluding hydrogens is 520 g/mol. The van der Waals surface area contributed by atoms with E-state index in [1.165, 1.54) is 5.56 Å². The highest BCUT2D eigenvalue weighted by Gasteiger charge is 2.20. The van der Waals surface area contributed by atoms with Crippen LogP contribution in [0.1, 0.15) is 32.7 Å². The van der Waals surface area contributed by atoms with Crippen LogP contribution in [0.15, 0.2) is 90.3 Å². The fourth-order valence-electron chi connectivity index (χ4n) is 4.57. The average Bonchev–Trinajstić information content (AvgIpc) is 3.00. The predicted molar refractivity (Wildman–Crippen MR) is 158 cm³/mol. The van der Waals surface area contributed by atoms with Crippen molar-refractivity contribution in [2.75, 3.05) is 38.2 Å². The Morgan fingerprint density at radius 3 is 2.42 bits per heavy atom. The van der Waals surface area contributed by atoms with Crippen LogP contribution in [0.2, 0.25) is 0 Å². The summed E-state index contributed by atoms with van der Waals surface area (Å²) in [6, 6.07) is 24.1. The number of benzene rings is 2. The van der Waals surface area contributed by atoms with Crippen molar-refractivity contribution in [3.8, 4) is 0 Å². The highest BCUT2D eigenvalue weighted by molar-refractivity contribution is 7.98. The summed E-state index contributed by atoms with van der Waals surface area (Å²) < 4.78 is 5.39. The van der Waals surface area contributed by atoms with Gasteiger partial charge in [-0.3, -0.25) is 14.7 Å². The molecule has 1 aliphatic heterocycles. The lowest BCUT2D eigenvalue weighted by molar-refractivity contribution is 0.0951. The highest BCUT2D eigenvalue weighted by atomic mass is 32.2. The quantitative estimate of drug-likeness (QED) is 0.213. The number of nitrogens with zero attached hydrogens (tertiary/aromatic N) is 5. The van der Waals surface area contributed by atoms with Crippen LogP contribution in [-0.4, -0.2) is 59.0 Å². The Labute approximate surface area is 239 Å².